The molecule has 1 unspecified atom stereocenters. The Bertz CT molecular complexity index is 910. The third-order valence-corrected chi connectivity index (χ3v) is 5.18. The van der Waals surface area contributed by atoms with Crippen molar-refractivity contribution in [3.8, 4) is 5.75 Å². The van der Waals surface area contributed by atoms with Crippen molar-refractivity contribution in [1.29, 1.82) is 0 Å². The average Bonchev–Trinajstić information content (AvgIpc) is 3.57. The van der Waals surface area contributed by atoms with E-state index >= 15 is 0 Å². The Morgan fingerprint density at radius 2 is 1.97 bits per heavy atom. The van der Waals surface area contributed by atoms with Crippen molar-refractivity contribution in [3.63, 3.8) is 0 Å². The summed E-state index contributed by atoms with van der Waals surface area (Å²) in [6, 6.07) is 12.7. The van der Waals surface area contributed by atoms with Crippen molar-refractivity contribution in [2.45, 2.75) is 39.2 Å². The van der Waals surface area contributed by atoms with E-state index in [4.69, 9.17) is 4.74 Å². The normalized spacial score (nSPS) is 14.6. The molecule has 2 aromatic rings. The first kappa shape index (κ1) is 22.6. The molecule has 0 radical (unpaired) electrons. The minimum Gasteiger partial charge on any atom is -0.490 e. The van der Waals surface area contributed by atoms with Crippen LogP contribution in [-0.4, -0.2) is 32.1 Å². The number of nitrogens with one attached hydrogen (secondary N) is 3. The van der Waals surface area contributed by atoms with E-state index < -0.39 is 0 Å². The number of hydrogen-bond donors (Lipinski definition) is 3. The van der Waals surface area contributed by atoms with Crippen LogP contribution in [0.3, 0.4) is 0 Å². The highest BCUT2D eigenvalue weighted by atomic mass is 19.1. The van der Waals surface area contributed by atoms with E-state index in [-0.39, 0.29) is 17.8 Å². The minimum atomic E-state index is -0.336. The topological polar surface area (TPSA) is 74.8 Å². The number of halogens is 1. The average molecular weight is 427 g/mol. The summed E-state index contributed by atoms with van der Waals surface area (Å²) in [4.78, 5) is 15.3. The van der Waals surface area contributed by atoms with E-state index in [1.807, 2.05) is 37.3 Å². The largest absolute Gasteiger partial charge is 0.490 e. The molecule has 0 heterocycles. The molecule has 7 heteroatoms. The van der Waals surface area contributed by atoms with E-state index in [0.717, 1.165) is 23.2 Å². The number of ether oxygens (including phenoxy) is 1. The van der Waals surface area contributed by atoms with Gasteiger partial charge in [0.15, 0.2) is 17.5 Å². The van der Waals surface area contributed by atoms with Crippen molar-refractivity contribution in [1.82, 2.24) is 10.6 Å². The van der Waals surface area contributed by atoms with Crippen LogP contribution in [0.25, 0.3) is 0 Å². The fourth-order valence-corrected chi connectivity index (χ4v) is 3.16. The van der Waals surface area contributed by atoms with E-state index in [0.29, 0.717) is 30.8 Å². The van der Waals surface area contributed by atoms with Gasteiger partial charge in [0.05, 0.1) is 12.6 Å². The monoisotopic (exact) mass is 426 g/mol. The van der Waals surface area contributed by atoms with E-state index in [9.17, 15) is 9.18 Å². The van der Waals surface area contributed by atoms with E-state index in [1.165, 1.54) is 25.8 Å². The molecule has 0 aromatic heterocycles. The van der Waals surface area contributed by atoms with Gasteiger partial charge in [-0.25, -0.2) is 4.39 Å². The predicted octanol–water partition coefficient (Wildman–Crippen LogP) is 4.04. The molecule has 1 fully saturated rings. The van der Waals surface area contributed by atoms with Gasteiger partial charge in [-0.2, -0.15) is 0 Å². The van der Waals surface area contributed by atoms with Crippen LogP contribution >= 0.6 is 0 Å². The standard InChI is InChI=1S/C24H31FN4O2/c1-16(20-8-11-23(22(25)14-20)31-15-19-4-5-19)28-24(26-3)27-13-12-18-6-9-21(10-7-18)29-17(2)30/h6-11,14,16,19H,4-5,12-13,15H2,1-3H3,(H,29,30)(H2,26,27,28). The first-order valence-corrected chi connectivity index (χ1v) is 10.7. The number of guanidine groups is 1. The lowest BCUT2D eigenvalue weighted by Gasteiger charge is -2.19. The lowest BCUT2D eigenvalue weighted by molar-refractivity contribution is -0.114. The predicted molar refractivity (Wildman–Crippen MR) is 122 cm³/mol. The molecule has 1 atom stereocenters. The van der Waals surface area contributed by atoms with Gasteiger partial charge in [0.2, 0.25) is 5.91 Å². The maximum atomic E-state index is 14.4. The number of carbonyl (C=O) groups excluding carboxylic acids is 1. The number of carbonyl (C=O) groups is 1. The number of aliphatic imine (C=N–C) groups is 1. The van der Waals surface area contributed by atoms with Crippen LogP contribution in [0.15, 0.2) is 47.5 Å². The zero-order valence-electron chi connectivity index (χ0n) is 18.4. The van der Waals surface area contributed by atoms with Crippen LogP contribution in [0.2, 0.25) is 0 Å². The van der Waals surface area contributed by atoms with Crippen molar-refractivity contribution in [2.24, 2.45) is 10.9 Å². The number of nitrogens with zero attached hydrogens (tertiary/aromatic N) is 1. The Morgan fingerprint density at radius 3 is 2.58 bits per heavy atom. The third-order valence-electron chi connectivity index (χ3n) is 5.18. The quantitative estimate of drug-likeness (QED) is 0.418. The van der Waals surface area contributed by atoms with E-state index in [2.05, 4.69) is 20.9 Å². The Kier molecular flexibility index (Phi) is 7.87. The number of anilines is 1. The minimum absolute atomic E-state index is 0.0845. The van der Waals surface area contributed by atoms with Crippen LogP contribution in [0.1, 0.15) is 43.9 Å². The molecule has 6 nitrogen and oxygen atoms in total. The zero-order chi connectivity index (χ0) is 22.2. The summed E-state index contributed by atoms with van der Waals surface area (Å²) in [5, 5.41) is 9.33. The van der Waals surface area contributed by atoms with Crippen LogP contribution in [0.4, 0.5) is 10.1 Å². The lowest BCUT2D eigenvalue weighted by Crippen LogP contribution is -2.39. The maximum Gasteiger partial charge on any atom is 0.221 e. The molecule has 1 amide bonds. The summed E-state index contributed by atoms with van der Waals surface area (Å²) in [6.07, 6.45) is 3.15. The van der Waals surface area contributed by atoms with Gasteiger partial charge < -0.3 is 20.7 Å². The molecule has 0 spiro atoms. The van der Waals surface area contributed by atoms with Crippen molar-refractivity contribution < 1.29 is 13.9 Å². The molecule has 0 saturated heterocycles. The molecule has 31 heavy (non-hydrogen) atoms. The van der Waals surface area contributed by atoms with Gasteiger partial charge in [0, 0.05) is 26.2 Å². The van der Waals surface area contributed by atoms with Gasteiger partial charge >= 0.3 is 0 Å². The summed E-state index contributed by atoms with van der Waals surface area (Å²) >= 11 is 0. The first-order valence-electron chi connectivity index (χ1n) is 10.7. The number of hydrogen-bond acceptors (Lipinski definition) is 3. The third kappa shape index (κ3) is 7.27. The van der Waals surface area contributed by atoms with Crippen molar-refractivity contribution >= 4 is 17.6 Å². The highest BCUT2D eigenvalue weighted by Crippen LogP contribution is 2.30. The molecule has 3 rings (SSSR count). The van der Waals surface area contributed by atoms with Gasteiger partial charge in [-0.3, -0.25) is 9.79 Å². The van der Waals surface area contributed by atoms with Crippen LogP contribution in [0.5, 0.6) is 5.75 Å². The molecule has 0 aliphatic heterocycles. The van der Waals surface area contributed by atoms with E-state index in [1.54, 1.807) is 13.1 Å². The van der Waals surface area contributed by atoms with Gasteiger partial charge in [-0.05, 0) is 67.5 Å². The second-order valence-corrected chi connectivity index (χ2v) is 7.94. The molecule has 0 bridgehead atoms. The van der Waals surface area contributed by atoms with Gasteiger partial charge in [0.25, 0.3) is 0 Å². The first-order chi connectivity index (χ1) is 14.9. The molecule has 1 saturated carbocycles. The van der Waals surface area contributed by atoms with Crippen LogP contribution in [0, 0.1) is 11.7 Å². The zero-order valence-corrected chi connectivity index (χ0v) is 18.4. The summed E-state index contributed by atoms with van der Waals surface area (Å²) in [6.45, 7) is 4.74. The SMILES string of the molecule is CN=C(NCCc1ccc(NC(C)=O)cc1)NC(C)c1ccc(OCC2CC2)c(F)c1. The highest BCUT2D eigenvalue weighted by molar-refractivity contribution is 5.88. The van der Waals surface area contributed by atoms with Gasteiger partial charge in [-0.1, -0.05) is 18.2 Å². The smallest absolute Gasteiger partial charge is 0.221 e. The lowest BCUT2D eigenvalue weighted by atomic mass is 10.1. The summed E-state index contributed by atoms with van der Waals surface area (Å²) in [5.74, 6) is 1.13. The Labute approximate surface area is 183 Å². The number of amides is 1. The number of benzene rings is 2. The second-order valence-electron chi connectivity index (χ2n) is 7.94. The van der Waals surface area contributed by atoms with Crippen LogP contribution < -0.4 is 20.7 Å². The fraction of sp³-hybridized carbons (Fsp3) is 0.417. The van der Waals surface area contributed by atoms with Gasteiger partial charge in [-0.15, -0.1) is 0 Å². The maximum absolute atomic E-state index is 14.4. The Morgan fingerprint density at radius 1 is 1.23 bits per heavy atom. The summed E-state index contributed by atoms with van der Waals surface area (Å²) < 4.78 is 19.9. The molecule has 166 valence electrons. The second kappa shape index (κ2) is 10.8. The van der Waals surface area contributed by atoms with Gasteiger partial charge in [0.1, 0.15) is 0 Å². The Balaban J connectivity index is 1.46. The van der Waals surface area contributed by atoms with Crippen LogP contribution in [-0.2, 0) is 11.2 Å². The highest BCUT2D eigenvalue weighted by Gasteiger charge is 2.22. The van der Waals surface area contributed by atoms with Crippen molar-refractivity contribution in [2.75, 3.05) is 25.5 Å². The Hall–Kier alpha value is -3.09. The fourth-order valence-electron chi connectivity index (χ4n) is 3.16. The number of rotatable bonds is 9. The molecule has 3 N–H and O–H groups in total. The molecule has 1 aliphatic rings. The molecule has 2 aromatic carbocycles. The summed E-state index contributed by atoms with van der Waals surface area (Å²) in [7, 11) is 1.71. The molecular weight excluding hydrogens is 395 g/mol. The molecule has 1 aliphatic carbocycles. The molecular formula is C24H31FN4O2. The van der Waals surface area contributed by atoms with Crippen molar-refractivity contribution in [3.05, 3.63) is 59.4 Å². The summed E-state index contributed by atoms with van der Waals surface area (Å²) in [5.41, 5.74) is 2.76.